The summed E-state index contributed by atoms with van der Waals surface area (Å²) in [4.78, 5) is 14.6. The van der Waals surface area contributed by atoms with E-state index in [1.54, 1.807) is 0 Å². The first-order valence-electron chi connectivity index (χ1n) is 7.81. The van der Waals surface area contributed by atoms with E-state index in [0.29, 0.717) is 17.4 Å². The monoisotopic (exact) mass is 308 g/mol. The quantitative estimate of drug-likeness (QED) is 0.906. The van der Waals surface area contributed by atoms with E-state index in [2.05, 4.69) is 19.2 Å². The van der Waals surface area contributed by atoms with Crippen molar-refractivity contribution in [2.75, 3.05) is 19.6 Å². The third kappa shape index (κ3) is 4.72. The lowest BCUT2D eigenvalue weighted by atomic mass is 9.96. The molecule has 0 saturated carbocycles. The third-order valence-electron chi connectivity index (χ3n) is 4.16. The van der Waals surface area contributed by atoms with Crippen LogP contribution in [0.15, 0.2) is 24.3 Å². The highest BCUT2D eigenvalue weighted by Crippen LogP contribution is 2.19. The zero-order valence-electron chi connectivity index (χ0n) is 12.9. The molecule has 1 heterocycles. The van der Waals surface area contributed by atoms with Gasteiger partial charge < -0.3 is 10.2 Å². The maximum Gasteiger partial charge on any atom is 0.227 e. The summed E-state index contributed by atoms with van der Waals surface area (Å²) in [5.74, 6) is 0.792. The van der Waals surface area contributed by atoms with Gasteiger partial charge in [-0.1, -0.05) is 29.8 Å². The molecule has 0 aromatic heterocycles. The number of halogens is 1. The Bertz CT molecular complexity index is 470. The van der Waals surface area contributed by atoms with Crippen LogP contribution in [0.5, 0.6) is 0 Å². The second-order valence-corrected chi connectivity index (χ2v) is 6.51. The van der Waals surface area contributed by atoms with Crippen LogP contribution in [0.25, 0.3) is 0 Å². The highest BCUT2D eigenvalue weighted by molar-refractivity contribution is 6.31. The van der Waals surface area contributed by atoms with Crippen LogP contribution in [-0.2, 0) is 11.2 Å². The molecule has 3 nitrogen and oxygen atoms in total. The van der Waals surface area contributed by atoms with E-state index in [0.717, 1.165) is 38.0 Å². The lowest BCUT2D eigenvalue weighted by Gasteiger charge is -2.33. The van der Waals surface area contributed by atoms with Gasteiger partial charge in [0.1, 0.15) is 0 Å². The minimum Gasteiger partial charge on any atom is -0.340 e. The van der Waals surface area contributed by atoms with Crippen LogP contribution in [-0.4, -0.2) is 36.5 Å². The third-order valence-corrected chi connectivity index (χ3v) is 4.53. The Balaban J connectivity index is 2.00. The van der Waals surface area contributed by atoms with Gasteiger partial charge in [-0.3, -0.25) is 4.79 Å². The van der Waals surface area contributed by atoms with E-state index in [9.17, 15) is 4.79 Å². The summed E-state index contributed by atoms with van der Waals surface area (Å²) in [5, 5.41) is 4.05. The van der Waals surface area contributed by atoms with Crippen LogP contribution in [0.1, 0.15) is 32.3 Å². The van der Waals surface area contributed by atoms with Crippen LogP contribution in [0.2, 0.25) is 5.02 Å². The number of amides is 1. The molecular weight excluding hydrogens is 284 g/mol. The molecule has 1 N–H and O–H groups in total. The minimum absolute atomic E-state index is 0.177. The van der Waals surface area contributed by atoms with Crippen molar-refractivity contribution < 1.29 is 4.79 Å². The SMILES string of the molecule is CC(C)N(CC1CCNCC1)C(=O)Cc1ccccc1Cl. The largest absolute Gasteiger partial charge is 0.340 e. The molecule has 1 aliphatic heterocycles. The number of nitrogens with zero attached hydrogens (tertiary/aromatic N) is 1. The van der Waals surface area contributed by atoms with E-state index < -0.39 is 0 Å². The van der Waals surface area contributed by atoms with Crippen LogP contribution < -0.4 is 5.32 Å². The molecule has 116 valence electrons. The van der Waals surface area contributed by atoms with Crippen molar-refractivity contribution in [1.29, 1.82) is 0 Å². The molecule has 0 bridgehead atoms. The van der Waals surface area contributed by atoms with Gasteiger partial charge in [0.2, 0.25) is 5.91 Å². The molecule has 1 aliphatic rings. The van der Waals surface area contributed by atoms with E-state index >= 15 is 0 Å². The summed E-state index contributed by atoms with van der Waals surface area (Å²) in [7, 11) is 0. The summed E-state index contributed by atoms with van der Waals surface area (Å²) < 4.78 is 0. The number of benzene rings is 1. The number of rotatable bonds is 5. The van der Waals surface area contributed by atoms with Gasteiger partial charge in [0.15, 0.2) is 0 Å². The lowest BCUT2D eigenvalue weighted by molar-refractivity contribution is -0.133. The standard InChI is InChI=1S/C17H25ClN2O/c1-13(2)20(12-14-7-9-19-10-8-14)17(21)11-15-5-3-4-6-16(15)18/h3-6,13-14,19H,7-12H2,1-2H3. The van der Waals surface area contributed by atoms with Crippen LogP contribution in [0, 0.1) is 5.92 Å². The van der Waals surface area contributed by atoms with E-state index in [1.807, 2.05) is 29.2 Å². The average molecular weight is 309 g/mol. The van der Waals surface area contributed by atoms with Crippen LogP contribution in [0.4, 0.5) is 0 Å². The Morgan fingerprint density at radius 1 is 1.33 bits per heavy atom. The fraction of sp³-hybridized carbons (Fsp3) is 0.588. The van der Waals surface area contributed by atoms with E-state index in [1.165, 1.54) is 0 Å². The average Bonchev–Trinajstić information content (AvgIpc) is 2.48. The fourth-order valence-electron chi connectivity index (χ4n) is 2.85. The molecule has 21 heavy (non-hydrogen) atoms. The molecule has 1 aromatic rings. The predicted molar refractivity (Wildman–Crippen MR) is 87.6 cm³/mol. The molecular formula is C17H25ClN2O. The van der Waals surface area contributed by atoms with Crippen molar-refractivity contribution in [2.45, 2.75) is 39.2 Å². The van der Waals surface area contributed by atoms with Crippen molar-refractivity contribution in [1.82, 2.24) is 10.2 Å². The van der Waals surface area contributed by atoms with Crippen molar-refractivity contribution in [3.05, 3.63) is 34.9 Å². The highest BCUT2D eigenvalue weighted by atomic mass is 35.5. The first kappa shape index (κ1) is 16.3. The normalized spacial score (nSPS) is 16.2. The van der Waals surface area contributed by atoms with E-state index in [-0.39, 0.29) is 11.9 Å². The molecule has 0 aliphatic carbocycles. The lowest BCUT2D eigenvalue weighted by Crippen LogP contribution is -2.43. The molecule has 1 amide bonds. The number of hydrogen-bond donors (Lipinski definition) is 1. The predicted octanol–water partition coefficient (Wildman–Crippen LogP) is 3.12. The fourth-order valence-corrected chi connectivity index (χ4v) is 3.05. The van der Waals surface area contributed by atoms with Gasteiger partial charge in [0.25, 0.3) is 0 Å². The summed E-state index contributed by atoms with van der Waals surface area (Å²) >= 11 is 6.17. The second-order valence-electron chi connectivity index (χ2n) is 6.10. The smallest absolute Gasteiger partial charge is 0.227 e. The number of piperidine rings is 1. The number of carbonyl (C=O) groups excluding carboxylic acids is 1. The van der Waals surface area contributed by atoms with Gasteiger partial charge in [-0.2, -0.15) is 0 Å². The summed E-state index contributed by atoms with van der Waals surface area (Å²) in [6.45, 7) is 7.17. The first-order chi connectivity index (χ1) is 10.1. The maximum atomic E-state index is 12.6. The summed E-state index contributed by atoms with van der Waals surface area (Å²) in [6, 6.07) is 7.84. The Hall–Kier alpha value is -1.06. The molecule has 0 spiro atoms. The van der Waals surface area contributed by atoms with Gasteiger partial charge in [0, 0.05) is 17.6 Å². The van der Waals surface area contributed by atoms with Gasteiger partial charge in [-0.25, -0.2) is 0 Å². The first-order valence-corrected chi connectivity index (χ1v) is 8.19. The summed E-state index contributed by atoms with van der Waals surface area (Å²) in [6.07, 6.45) is 2.70. The Labute approximate surface area is 132 Å². The Kier molecular flexibility index (Phi) is 6.07. The molecule has 0 atom stereocenters. The van der Waals surface area contributed by atoms with Crippen LogP contribution >= 0.6 is 11.6 Å². The van der Waals surface area contributed by atoms with Crippen LogP contribution in [0.3, 0.4) is 0 Å². The zero-order chi connectivity index (χ0) is 15.2. The number of carbonyl (C=O) groups is 1. The molecule has 4 heteroatoms. The maximum absolute atomic E-state index is 12.6. The topological polar surface area (TPSA) is 32.3 Å². The van der Waals surface area contributed by atoms with Crippen molar-refractivity contribution >= 4 is 17.5 Å². The van der Waals surface area contributed by atoms with Crippen molar-refractivity contribution in [2.24, 2.45) is 5.92 Å². The summed E-state index contributed by atoms with van der Waals surface area (Å²) in [5.41, 5.74) is 0.917. The number of hydrogen-bond acceptors (Lipinski definition) is 2. The molecule has 0 radical (unpaired) electrons. The van der Waals surface area contributed by atoms with E-state index in [4.69, 9.17) is 11.6 Å². The molecule has 2 rings (SSSR count). The van der Waals surface area contributed by atoms with Gasteiger partial charge in [0.05, 0.1) is 6.42 Å². The second kappa shape index (κ2) is 7.81. The molecule has 1 aromatic carbocycles. The van der Waals surface area contributed by atoms with Crippen molar-refractivity contribution in [3.8, 4) is 0 Å². The van der Waals surface area contributed by atoms with Gasteiger partial charge in [-0.15, -0.1) is 0 Å². The van der Waals surface area contributed by atoms with Gasteiger partial charge in [-0.05, 0) is 57.3 Å². The zero-order valence-corrected chi connectivity index (χ0v) is 13.7. The molecule has 1 saturated heterocycles. The highest BCUT2D eigenvalue weighted by Gasteiger charge is 2.23. The molecule has 0 unspecified atom stereocenters. The number of nitrogens with one attached hydrogen (secondary N) is 1. The van der Waals surface area contributed by atoms with Crippen molar-refractivity contribution in [3.63, 3.8) is 0 Å². The minimum atomic E-state index is 0.177. The molecule has 1 fully saturated rings. The Morgan fingerprint density at radius 2 is 2.00 bits per heavy atom. The Morgan fingerprint density at radius 3 is 2.62 bits per heavy atom. The van der Waals surface area contributed by atoms with Gasteiger partial charge >= 0.3 is 0 Å².